The van der Waals surface area contributed by atoms with E-state index in [4.69, 9.17) is 17.0 Å². The summed E-state index contributed by atoms with van der Waals surface area (Å²) < 4.78 is 5.04. The molecule has 7 heteroatoms. The van der Waals surface area contributed by atoms with Crippen LogP contribution in [0.4, 0.5) is 10.7 Å². The molecule has 0 saturated carbocycles. The van der Waals surface area contributed by atoms with Gasteiger partial charge in [0.1, 0.15) is 5.00 Å². The van der Waals surface area contributed by atoms with Crippen LogP contribution in [-0.4, -0.2) is 24.0 Å². The Balaban J connectivity index is 1.80. The zero-order chi connectivity index (χ0) is 20.1. The summed E-state index contributed by atoms with van der Waals surface area (Å²) >= 11 is 7.03. The highest BCUT2D eigenvalue weighted by Gasteiger charge is 2.25. The number of ketones is 1. The van der Waals surface area contributed by atoms with E-state index in [9.17, 15) is 9.59 Å². The van der Waals surface area contributed by atoms with Crippen molar-refractivity contribution in [1.29, 1.82) is 0 Å². The highest BCUT2D eigenvalue weighted by Crippen LogP contribution is 2.37. The van der Waals surface area contributed by atoms with E-state index in [0.717, 1.165) is 41.9 Å². The van der Waals surface area contributed by atoms with Crippen molar-refractivity contribution in [2.75, 3.05) is 17.7 Å². The number of thiophene rings is 1. The van der Waals surface area contributed by atoms with Gasteiger partial charge < -0.3 is 15.4 Å². The standard InChI is InChI=1S/C21H24N2O3S2/c1-13(24)14-9-11-15(12-10-14)22-21(27)23-19-18(20(25)26-2)16-7-5-3-4-6-8-17(16)28-19/h9-12H,3-8H2,1-2H3,(H2,22,23,27). The van der Waals surface area contributed by atoms with E-state index in [1.165, 1.54) is 31.8 Å². The number of nitrogens with one attached hydrogen (secondary N) is 2. The van der Waals surface area contributed by atoms with Gasteiger partial charge in [0, 0.05) is 16.1 Å². The number of carbonyl (C=O) groups is 2. The highest BCUT2D eigenvalue weighted by atomic mass is 32.1. The Labute approximate surface area is 174 Å². The molecule has 0 atom stereocenters. The van der Waals surface area contributed by atoms with Crippen molar-refractivity contribution >= 4 is 51.1 Å². The molecule has 0 radical (unpaired) electrons. The van der Waals surface area contributed by atoms with E-state index < -0.39 is 0 Å². The highest BCUT2D eigenvalue weighted by molar-refractivity contribution is 7.80. The molecule has 1 aliphatic rings. The molecule has 2 N–H and O–H groups in total. The maximum absolute atomic E-state index is 12.5. The number of carbonyl (C=O) groups excluding carboxylic acids is 2. The van der Waals surface area contributed by atoms with Crippen LogP contribution in [0.3, 0.4) is 0 Å². The van der Waals surface area contributed by atoms with Gasteiger partial charge in [0.2, 0.25) is 0 Å². The molecule has 148 valence electrons. The molecule has 0 bridgehead atoms. The molecule has 0 amide bonds. The number of anilines is 2. The third kappa shape index (κ3) is 4.77. The summed E-state index contributed by atoms with van der Waals surface area (Å²) in [7, 11) is 1.41. The normalized spacial score (nSPS) is 13.6. The molecule has 2 aromatic rings. The van der Waals surface area contributed by atoms with E-state index in [1.807, 2.05) is 0 Å². The molecule has 1 aliphatic carbocycles. The minimum atomic E-state index is -0.325. The molecule has 1 aromatic carbocycles. The van der Waals surface area contributed by atoms with Gasteiger partial charge >= 0.3 is 5.97 Å². The van der Waals surface area contributed by atoms with Crippen molar-refractivity contribution in [3.05, 3.63) is 45.8 Å². The Morgan fingerprint density at radius 2 is 1.71 bits per heavy atom. The SMILES string of the molecule is COC(=O)c1c(NC(=S)Nc2ccc(C(C)=O)cc2)sc2c1CCCCCC2. The Morgan fingerprint density at radius 3 is 2.36 bits per heavy atom. The Hall–Kier alpha value is -2.25. The monoisotopic (exact) mass is 416 g/mol. The lowest BCUT2D eigenvalue weighted by Gasteiger charge is -2.12. The van der Waals surface area contributed by atoms with Gasteiger partial charge in [-0.3, -0.25) is 4.79 Å². The fourth-order valence-electron chi connectivity index (χ4n) is 3.38. The molecular weight excluding hydrogens is 392 g/mol. The molecule has 0 fully saturated rings. The number of hydrogen-bond donors (Lipinski definition) is 2. The minimum absolute atomic E-state index is 0.0194. The van der Waals surface area contributed by atoms with Crippen LogP contribution in [0.5, 0.6) is 0 Å². The predicted molar refractivity (Wildman–Crippen MR) is 118 cm³/mol. The first-order valence-corrected chi connectivity index (χ1v) is 10.6. The maximum atomic E-state index is 12.5. The molecule has 0 spiro atoms. The molecule has 0 saturated heterocycles. The fourth-order valence-corrected chi connectivity index (χ4v) is 4.95. The third-order valence-corrected chi connectivity index (χ3v) is 6.25. The predicted octanol–water partition coefficient (Wildman–Crippen LogP) is 5.21. The quantitative estimate of drug-likeness (QED) is 0.405. The summed E-state index contributed by atoms with van der Waals surface area (Å²) in [6.07, 6.45) is 6.51. The number of rotatable bonds is 4. The number of aryl methyl sites for hydroxylation is 1. The van der Waals surface area contributed by atoms with Crippen LogP contribution >= 0.6 is 23.6 Å². The largest absolute Gasteiger partial charge is 0.465 e. The zero-order valence-corrected chi connectivity index (χ0v) is 17.7. The van der Waals surface area contributed by atoms with Crippen LogP contribution < -0.4 is 10.6 Å². The number of methoxy groups -OCH3 is 1. The van der Waals surface area contributed by atoms with Gasteiger partial charge in [-0.25, -0.2) is 4.79 Å². The van der Waals surface area contributed by atoms with E-state index in [2.05, 4.69) is 10.6 Å². The molecule has 5 nitrogen and oxygen atoms in total. The van der Waals surface area contributed by atoms with E-state index in [0.29, 0.717) is 16.2 Å². The number of fused-ring (bicyclic) bond motifs is 1. The van der Waals surface area contributed by atoms with Crippen molar-refractivity contribution in [2.45, 2.75) is 45.4 Å². The average molecular weight is 417 g/mol. The van der Waals surface area contributed by atoms with Crippen LogP contribution in [0.1, 0.15) is 63.8 Å². The second-order valence-electron chi connectivity index (χ2n) is 6.83. The molecule has 1 aromatic heterocycles. The minimum Gasteiger partial charge on any atom is -0.465 e. The molecule has 0 unspecified atom stereocenters. The maximum Gasteiger partial charge on any atom is 0.341 e. The molecule has 0 aliphatic heterocycles. The summed E-state index contributed by atoms with van der Waals surface area (Å²) in [6, 6.07) is 7.12. The smallest absolute Gasteiger partial charge is 0.341 e. The van der Waals surface area contributed by atoms with Crippen molar-refractivity contribution in [2.24, 2.45) is 0 Å². The summed E-state index contributed by atoms with van der Waals surface area (Å²) in [4.78, 5) is 25.1. The van der Waals surface area contributed by atoms with Crippen molar-refractivity contribution < 1.29 is 14.3 Å². The van der Waals surface area contributed by atoms with E-state index >= 15 is 0 Å². The fraction of sp³-hybridized carbons (Fsp3) is 0.381. The number of Topliss-reactive ketones (excluding diaryl/α,β-unsaturated/α-hetero) is 1. The van der Waals surface area contributed by atoms with Crippen molar-refractivity contribution in [3.8, 4) is 0 Å². The summed E-state index contributed by atoms with van der Waals surface area (Å²) in [5, 5.41) is 7.42. The number of ether oxygens (including phenoxy) is 1. The molecule has 1 heterocycles. The lowest BCUT2D eigenvalue weighted by atomic mass is 9.96. The summed E-state index contributed by atoms with van der Waals surface area (Å²) in [5.41, 5.74) is 3.14. The van der Waals surface area contributed by atoms with E-state index in [1.54, 1.807) is 35.6 Å². The summed E-state index contributed by atoms with van der Waals surface area (Å²) in [5.74, 6) is -0.305. The molecule has 3 rings (SSSR count). The Kier molecular flexibility index (Phi) is 6.80. The topological polar surface area (TPSA) is 67.4 Å². The van der Waals surface area contributed by atoms with Crippen LogP contribution in [0.25, 0.3) is 0 Å². The van der Waals surface area contributed by atoms with Gasteiger partial charge in [-0.2, -0.15) is 0 Å². The van der Waals surface area contributed by atoms with E-state index in [-0.39, 0.29) is 11.8 Å². The Morgan fingerprint density at radius 1 is 1.04 bits per heavy atom. The lowest BCUT2D eigenvalue weighted by molar-refractivity contribution is 0.0601. The number of esters is 1. The van der Waals surface area contributed by atoms with Crippen LogP contribution in [0.2, 0.25) is 0 Å². The van der Waals surface area contributed by atoms with Gasteiger partial charge in [0.15, 0.2) is 10.9 Å². The first-order valence-electron chi connectivity index (χ1n) is 9.41. The first kappa shape index (κ1) is 20.5. The van der Waals surface area contributed by atoms with Gasteiger partial charge in [0.05, 0.1) is 12.7 Å². The second kappa shape index (κ2) is 9.30. The van der Waals surface area contributed by atoms with Gasteiger partial charge in [0.25, 0.3) is 0 Å². The number of hydrogen-bond acceptors (Lipinski definition) is 5. The zero-order valence-electron chi connectivity index (χ0n) is 16.1. The van der Waals surface area contributed by atoms with Crippen LogP contribution in [0.15, 0.2) is 24.3 Å². The lowest BCUT2D eigenvalue weighted by Crippen LogP contribution is -2.20. The van der Waals surface area contributed by atoms with Gasteiger partial charge in [-0.1, -0.05) is 12.8 Å². The average Bonchev–Trinajstić information content (AvgIpc) is 2.97. The summed E-state index contributed by atoms with van der Waals surface area (Å²) in [6.45, 7) is 1.53. The van der Waals surface area contributed by atoms with Gasteiger partial charge in [-0.05, 0) is 74.7 Å². The van der Waals surface area contributed by atoms with Crippen molar-refractivity contribution in [1.82, 2.24) is 0 Å². The third-order valence-electron chi connectivity index (χ3n) is 4.84. The second-order valence-corrected chi connectivity index (χ2v) is 8.34. The molecule has 28 heavy (non-hydrogen) atoms. The molecular formula is C21H24N2O3S2. The number of thiocarbonyl (C=S) groups is 1. The van der Waals surface area contributed by atoms with Crippen LogP contribution in [0, 0.1) is 0 Å². The Bertz CT molecular complexity index is 888. The first-order chi connectivity index (χ1) is 13.5. The van der Waals surface area contributed by atoms with Crippen LogP contribution in [-0.2, 0) is 17.6 Å². The number of benzene rings is 1. The van der Waals surface area contributed by atoms with Gasteiger partial charge in [-0.15, -0.1) is 11.3 Å². The van der Waals surface area contributed by atoms with Crippen molar-refractivity contribution in [3.63, 3.8) is 0 Å².